The van der Waals surface area contributed by atoms with Crippen LogP contribution in [0.25, 0.3) is 0 Å². The van der Waals surface area contributed by atoms with Crippen LogP contribution in [0.1, 0.15) is 200 Å². The van der Waals surface area contributed by atoms with E-state index in [0.29, 0.717) is 6.42 Å². The van der Waals surface area contributed by atoms with E-state index in [4.69, 9.17) is 28.4 Å². The number of carbonyl (C=O) groups excluding carboxylic acids is 1. The molecule has 12 N–H and O–H groups in total. The van der Waals surface area contributed by atoms with Crippen molar-refractivity contribution in [2.45, 2.75) is 304 Å². The van der Waals surface area contributed by atoms with Gasteiger partial charge in [0.1, 0.15) is 73.2 Å². The van der Waals surface area contributed by atoms with Gasteiger partial charge in [-0.25, -0.2) is 0 Å². The van der Waals surface area contributed by atoms with Gasteiger partial charge < -0.3 is 89.9 Å². The molecule has 3 fully saturated rings. The van der Waals surface area contributed by atoms with Gasteiger partial charge >= 0.3 is 0 Å². The predicted molar refractivity (Wildman–Crippen MR) is 323 cm³/mol. The highest BCUT2D eigenvalue weighted by atomic mass is 16.8. The SMILES string of the molecule is CC/C=C\C/C=C\C/C=C\C/C=C\C/C=C\CC(=O)NC(COC1OC(CO)C(OC2OC(CO)C(OC3OC(CO)C(O)C(O)C3O)C(O)C2O)C(O)C1O)C(O)/C=C/CCCCCCCCCCCCCCCCCCCCCCCC. The highest BCUT2D eigenvalue weighted by molar-refractivity contribution is 5.77. The Hall–Kier alpha value is -2.77. The summed E-state index contributed by atoms with van der Waals surface area (Å²) in [5.41, 5.74) is 0. The molecule has 3 rings (SSSR count). The van der Waals surface area contributed by atoms with Gasteiger partial charge in [0.2, 0.25) is 5.91 Å². The first-order chi connectivity index (χ1) is 40.8. The Morgan fingerprint density at radius 1 is 0.440 bits per heavy atom. The molecule has 0 aromatic heterocycles. The van der Waals surface area contributed by atoms with Gasteiger partial charge in [-0.1, -0.05) is 222 Å². The molecule has 1 amide bonds. The Balaban J connectivity index is 1.48. The van der Waals surface area contributed by atoms with E-state index in [-0.39, 0.29) is 6.42 Å². The topological polar surface area (TPSA) is 307 Å². The Kier molecular flexibility index (Phi) is 42.5. The maximum atomic E-state index is 13.3. The van der Waals surface area contributed by atoms with E-state index in [2.05, 4.69) is 61.7 Å². The van der Waals surface area contributed by atoms with E-state index >= 15 is 0 Å². The Bertz CT molecular complexity index is 1810. The van der Waals surface area contributed by atoms with Gasteiger partial charge in [0.15, 0.2) is 18.9 Å². The number of carbonyl (C=O) groups is 1. The van der Waals surface area contributed by atoms with E-state index in [1.807, 2.05) is 18.2 Å². The molecule has 3 aliphatic rings. The molecule has 0 aliphatic carbocycles. The monoisotopic (exact) mass is 1200 g/mol. The number of aliphatic hydroxyl groups is 11. The quantitative estimate of drug-likeness (QED) is 0.0216. The lowest BCUT2D eigenvalue weighted by Gasteiger charge is -2.48. The third-order valence-electron chi connectivity index (χ3n) is 15.8. The van der Waals surface area contributed by atoms with Crippen LogP contribution in [-0.2, 0) is 33.2 Å². The summed E-state index contributed by atoms with van der Waals surface area (Å²) < 4.78 is 34.2. The summed E-state index contributed by atoms with van der Waals surface area (Å²) in [6.45, 7) is 1.54. The van der Waals surface area contributed by atoms with Crippen LogP contribution >= 0.6 is 0 Å². The van der Waals surface area contributed by atoms with Crippen LogP contribution in [0.4, 0.5) is 0 Å². The summed E-state index contributed by atoms with van der Waals surface area (Å²) >= 11 is 0. The van der Waals surface area contributed by atoms with Crippen molar-refractivity contribution < 1.29 is 89.4 Å². The fourth-order valence-corrected chi connectivity index (χ4v) is 10.6. The molecule has 84 heavy (non-hydrogen) atoms. The molecule has 3 aliphatic heterocycles. The smallest absolute Gasteiger partial charge is 0.224 e. The standard InChI is InChI=1S/C65H113NO18/c1-3-5-7-9-11-13-15-17-19-20-21-22-23-24-25-26-27-29-30-32-34-36-38-40-42-49(70)48(66-53(71)43-41-39-37-35-33-31-28-18-16-14-12-10-8-6-4-2)47-79-63-59(77)56(74)61(51(45-68)81-63)84-65-60(78)57(75)62(52(46-69)82-65)83-64-58(76)55(73)54(72)50(44-67)80-64/h6,8,12,14,18,28,33,35,39-42,48-52,54-65,67-70,72-78H,3-5,7,9-11,13,15-17,19-27,29-32,34,36-38,43-47H2,1-2H3,(H,66,71)/b8-6-,14-12-,28-18-,35-33-,41-39-,42-40+. The molecule has 486 valence electrons. The van der Waals surface area contributed by atoms with Gasteiger partial charge in [0, 0.05) is 6.42 Å². The predicted octanol–water partition coefficient (Wildman–Crippen LogP) is 6.99. The van der Waals surface area contributed by atoms with Gasteiger partial charge in [-0.3, -0.25) is 4.79 Å². The summed E-state index contributed by atoms with van der Waals surface area (Å²) in [5.74, 6) is -0.404. The van der Waals surface area contributed by atoms with Crippen LogP contribution in [0.15, 0.2) is 72.9 Å². The second-order valence-electron chi connectivity index (χ2n) is 22.9. The molecular weight excluding hydrogens is 1080 g/mol. The van der Waals surface area contributed by atoms with E-state index in [9.17, 15) is 61.0 Å². The van der Waals surface area contributed by atoms with Crippen molar-refractivity contribution >= 4 is 5.91 Å². The number of rotatable bonds is 47. The summed E-state index contributed by atoms with van der Waals surface area (Å²) in [5, 5.41) is 120. The first kappa shape index (κ1) is 75.5. The lowest BCUT2D eigenvalue weighted by Crippen LogP contribution is -2.66. The van der Waals surface area contributed by atoms with Crippen molar-refractivity contribution in [1.29, 1.82) is 0 Å². The minimum absolute atomic E-state index is 0.00829. The zero-order chi connectivity index (χ0) is 61.2. The molecule has 0 spiro atoms. The highest BCUT2D eigenvalue weighted by Crippen LogP contribution is 2.33. The molecule has 0 aromatic rings. The minimum atomic E-state index is -1.99. The van der Waals surface area contributed by atoms with E-state index in [1.165, 1.54) is 122 Å². The number of nitrogens with one attached hydrogen (secondary N) is 1. The Morgan fingerprint density at radius 2 is 0.810 bits per heavy atom. The molecule has 19 nitrogen and oxygen atoms in total. The highest BCUT2D eigenvalue weighted by Gasteiger charge is 2.53. The number of ether oxygens (including phenoxy) is 6. The van der Waals surface area contributed by atoms with Crippen molar-refractivity contribution in [2.75, 3.05) is 26.4 Å². The van der Waals surface area contributed by atoms with E-state index < -0.39 is 137 Å². The molecule has 3 saturated heterocycles. The molecule has 17 unspecified atom stereocenters. The second-order valence-corrected chi connectivity index (χ2v) is 22.9. The molecule has 0 bridgehead atoms. The summed E-state index contributed by atoms with van der Waals surface area (Å²) in [7, 11) is 0. The van der Waals surface area contributed by atoms with Gasteiger partial charge in [0.05, 0.1) is 38.6 Å². The van der Waals surface area contributed by atoms with Crippen LogP contribution in [0.5, 0.6) is 0 Å². The average Bonchev–Trinajstić information content (AvgIpc) is 2.81. The lowest BCUT2D eigenvalue weighted by atomic mass is 9.96. The molecule has 0 aromatic carbocycles. The van der Waals surface area contributed by atoms with Crippen LogP contribution in [-0.4, -0.2) is 193 Å². The molecule has 3 heterocycles. The number of aliphatic hydroxyl groups excluding tert-OH is 11. The maximum absolute atomic E-state index is 13.3. The molecule has 19 heteroatoms. The first-order valence-electron chi connectivity index (χ1n) is 32.2. The van der Waals surface area contributed by atoms with Gasteiger partial charge in [-0.2, -0.15) is 0 Å². The number of hydrogen-bond acceptors (Lipinski definition) is 18. The van der Waals surface area contributed by atoms with Crippen molar-refractivity contribution in [3.63, 3.8) is 0 Å². The lowest BCUT2D eigenvalue weighted by molar-refractivity contribution is -0.379. The van der Waals surface area contributed by atoms with Gasteiger partial charge in [0.25, 0.3) is 0 Å². The second kappa shape index (κ2) is 47.3. The normalized spacial score (nSPS) is 29.7. The molecular formula is C65H113NO18. The van der Waals surface area contributed by atoms with Crippen molar-refractivity contribution in [3.8, 4) is 0 Å². The van der Waals surface area contributed by atoms with Crippen molar-refractivity contribution in [2.24, 2.45) is 0 Å². The van der Waals surface area contributed by atoms with Crippen molar-refractivity contribution in [3.05, 3.63) is 72.9 Å². The number of allylic oxidation sites excluding steroid dienone is 10. The first-order valence-corrected chi connectivity index (χ1v) is 32.2. The summed E-state index contributed by atoms with van der Waals surface area (Å²) in [6, 6.07) is -1.03. The third kappa shape index (κ3) is 30.0. The van der Waals surface area contributed by atoms with Gasteiger partial charge in [-0.15, -0.1) is 0 Å². The molecule has 0 radical (unpaired) electrons. The maximum Gasteiger partial charge on any atom is 0.224 e. The number of hydrogen-bond donors (Lipinski definition) is 12. The van der Waals surface area contributed by atoms with E-state index in [0.717, 1.165) is 51.4 Å². The number of unbranched alkanes of at least 4 members (excludes halogenated alkanes) is 22. The average molecular weight is 1200 g/mol. The zero-order valence-corrected chi connectivity index (χ0v) is 50.9. The minimum Gasteiger partial charge on any atom is -0.394 e. The van der Waals surface area contributed by atoms with Gasteiger partial charge in [-0.05, 0) is 44.9 Å². The third-order valence-corrected chi connectivity index (χ3v) is 15.8. The zero-order valence-electron chi connectivity index (χ0n) is 50.9. The van der Waals surface area contributed by atoms with Crippen molar-refractivity contribution in [1.82, 2.24) is 5.32 Å². The molecule has 0 saturated carbocycles. The van der Waals surface area contributed by atoms with E-state index in [1.54, 1.807) is 12.2 Å². The largest absolute Gasteiger partial charge is 0.394 e. The fraction of sp³-hybridized carbons (Fsp3) is 0.800. The van der Waals surface area contributed by atoms with Crippen LogP contribution in [0.2, 0.25) is 0 Å². The Morgan fingerprint density at radius 3 is 1.24 bits per heavy atom. The van der Waals surface area contributed by atoms with Crippen LogP contribution in [0, 0.1) is 0 Å². The summed E-state index contributed by atoms with van der Waals surface area (Å²) in [4.78, 5) is 13.3. The van der Waals surface area contributed by atoms with Crippen LogP contribution in [0.3, 0.4) is 0 Å². The molecule has 17 atom stereocenters. The Labute approximate surface area is 502 Å². The van der Waals surface area contributed by atoms with Crippen LogP contribution < -0.4 is 5.32 Å². The number of amides is 1. The fourth-order valence-electron chi connectivity index (χ4n) is 10.6. The summed E-state index contributed by atoms with van der Waals surface area (Å²) in [6.07, 6.45) is 30.6.